The van der Waals surface area contributed by atoms with E-state index in [0.29, 0.717) is 0 Å². The number of ether oxygens (including phenoxy) is 1. The second-order valence-electron chi connectivity index (χ2n) is 9.76. The Morgan fingerprint density at radius 1 is 1.00 bits per heavy atom. The van der Waals surface area contributed by atoms with Gasteiger partial charge in [0.15, 0.2) is 0 Å². The summed E-state index contributed by atoms with van der Waals surface area (Å²) in [6.07, 6.45) is 3.80. The van der Waals surface area contributed by atoms with Crippen LogP contribution in [0.2, 0.25) is 0 Å². The summed E-state index contributed by atoms with van der Waals surface area (Å²) in [7, 11) is 1.69. The highest BCUT2D eigenvalue weighted by atomic mass is 16.5. The number of aromatic amines is 1. The third-order valence-corrected chi connectivity index (χ3v) is 7.16. The van der Waals surface area contributed by atoms with E-state index >= 15 is 0 Å². The number of pyridine rings is 1. The summed E-state index contributed by atoms with van der Waals surface area (Å²) in [5.41, 5.74) is 5.66. The van der Waals surface area contributed by atoms with Crippen molar-refractivity contribution in [2.45, 2.75) is 38.6 Å². The number of hydrogen-bond acceptors (Lipinski definition) is 4. The summed E-state index contributed by atoms with van der Waals surface area (Å²) in [4.78, 5) is 30.5. The molecule has 4 aromatic rings. The van der Waals surface area contributed by atoms with E-state index in [9.17, 15) is 9.59 Å². The number of aryl methyl sites for hydroxylation is 1. The molecule has 6 nitrogen and oxygen atoms in total. The van der Waals surface area contributed by atoms with Crippen molar-refractivity contribution in [3.63, 3.8) is 0 Å². The van der Waals surface area contributed by atoms with Crippen LogP contribution in [0, 0.1) is 6.92 Å². The number of anilines is 1. The van der Waals surface area contributed by atoms with Gasteiger partial charge in [0.2, 0.25) is 11.5 Å². The van der Waals surface area contributed by atoms with Gasteiger partial charge in [0.1, 0.15) is 5.75 Å². The molecule has 1 aromatic heterocycles. The summed E-state index contributed by atoms with van der Waals surface area (Å²) in [5.74, 6) is 0.753. The number of nitrogens with zero attached hydrogens (tertiary/aromatic N) is 1. The van der Waals surface area contributed by atoms with E-state index in [2.05, 4.69) is 39.5 Å². The summed E-state index contributed by atoms with van der Waals surface area (Å²) >= 11 is 0. The normalized spacial score (nSPS) is 14.4. The van der Waals surface area contributed by atoms with Crippen LogP contribution in [0.15, 0.2) is 77.6 Å². The molecule has 1 aliphatic rings. The fourth-order valence-electron chi connectivity index (χ4n) is 5.27. The number of piperidine rings is 1. The Bertz CT molecular complexity index is 1460. The number of methoxy groups -OCH3 is 1. The number of H-pyrrole nitrogens is 1. The van der Waals surface area contributed by atoms with Gasteiger partial charge < -0.3 is 19.9 Å². The Hall–Kier alpha value is -4.06. The van der Waals surface area contributed by atoms with E-state index in [0.717, 1.165) is 70.5 Å². The van der Waals surface area contributed by atoms with Crippen molar-refractivity contribution < 1.29 is 9.53 Å². The minimum absolute atomic E-state index is 0.0595. The number of carbonyl (C=O) groups excluding carboxylic acids is 1. The standard InChI is InChI=1S/C31H33N3O3/c1-21-17-29(35)32-27-14-11-22(18-26(21)27)19-30(36)33-31(23-9-5-3-6-10-23)25-13-12-24(37-2)20-28(25)34-15-7-4-8-16-34/h3,5-6,9-14,17-18,20,31H,4,7-8,15-16,19H2,1-2H3,(H,32,35)(H,33,36). The number of carbonyl (C=O) groups is 1. The summed E-state index contributed by atoms with van der Waals surface area (Å²) in [5, 5.41) is 4.27. The minimum Gasteiger partial charge on any atom is -0.497 e. The molecule has 3 aromatic carbocycles. The first-order valence-electron chi connectivity index (χ1n) is 12.9. The zero-order valence-electron chi connectivity index (χ0n) is 21.4. The van der Waals surface area contributed by atoms with Gasteiger partial charge in [0, 0.05) is 47.4 Å². The highest BCUT2D eigenvalue weighted by Gasteiger charge is 2.24. The van der Waals surface area contributed by atoms with Gasteiger partial charge in [-0.15, -0.1) is 0 Å². The highest BCUT2D eigenvalue weighted by Crippen LogP contribution is 2.35. The van der Waals surface area contributed by atoms with E-state index < -0.39 is 0 Å². The molecule has 5 rings (SSSR count). The van der Waals surface area contributed by atoms with Gasteiger partial charge >= 0.3 is 0 Å². The molecule has 2 heterocycles. The molecule has 37 heavy (non-hydrogen) atoms. The average Bonchev–Trinajstić information content (AvgIpc) is 2.93. The Morgan fingerprint density at radius 2 is 1.78 bits per heavy atom. The molecule has 1 aliphatic heterocycles. The van der Waals surface area contributed by atoms with E-state index in [-0.39, 0.29) is 23.9 Å². The largest absolute Gasteiger partial charge is 0.497 e. The monoisotopic (exact) mass is 495 g/mol. The number of aromatic nitrogens is 1. The third kappa shape index (κ3) is 5.53. The van der Waals surface area contributed by atoms with Crippen molar-refractivity contribution in [3.8, 4) is 5.75 Å². The number of hydrogen-bond donors (Lipinski definition) is 2. The van der Waals surface area contributed by atoms with Crippen molar-refractivity contribution in [2.24, 2.45) is 0 Å². The van der Waals surface area contributed by atoms with Crippen LogP contribution >= 0.6 is 0 Å². The van der Waals surface area contributed by atoms with Crippen LogP contribution in [-0.4, -0.2) is 31.1 Å². The molecule has 0 radical (unpaired) electrons. The van der Waals surface area contributed by atoms with Crippen LogP contribution in [0.25, 0.3) is 10.9 Å². The maximum absolute atomic E-state index is 13.4. The number of nitrogens with one attached hydrogen (secondary N) is 2. The molecule has 0 saturated carbocycles. The molecule has 1 fully saturated rings. The van der Waals surface area contributed by atoms with Gasteiger partial charge in [-0.3, -0.25) is 9.59 Å². The van der Waals surface area contributed by atoms with E-state index in [1.165, 1.54) is 6.42 Å². The quantitative estimate of drug-likeness (QED) is 0.366. The maximum Gasteiger partial charge on any atom is 0.248 e. The van der Waals surface area contributed by atoms with Crippen LogP contribution in [0.1, 0.15) is 47.6 Å². The van der Waals surface area contributed by atoms with Crippen LogP contribution in [0.5, 0.6) is 5.75 Å². The first-order valence-corrected chi connectivity index (χ1v) is 12.9. The van der Waals surface area contributed by atoms with Gasteiger partial charge in [-0.2, -0.15) is 0 Å². The lowest BCUT2D eigenvalue weighted by molar-refractivity contribution is -0.120. The third-order valence-electron chi connectivity index (χ3n) is 7.16. The number of amides is 1. The van der Waals surface area contributed by atoms with E-state index in [1.807, 2.05) is 49.4 Å². The SMILES string of the molecule is COc1ccc(C(NC(=O)Cc2ccc3[nH]c(=O)cc(C)c3c2)c2ccccc2)c(N2CCCCC2)c1. The van der Waals surface area contributed by atoms with Crippen molar-refractivity contribution in [2.75, 3.05) is 25.1 Å². The topological polar surface area (TPSA) is 74.4 Å². The van der Waals surface area contributed by atoms with Gasteiger partial charge in [-0.1, -0.05) is 42.5 Å². The second-order valence-corrected chi connectivity index (χ2v) is 9.76. The average molecular weight is 496 g/mol. The van der Waals surface area contributed by atoms with Gasteiger partial charge in [-0.25, -0.2) is 0 Å². The van der Waals surface area contributed by atoms with E-state index in [1.54, 1.807) is 13.2 Å². The fourth-order valence-corrected chi connectivity index (χ4v) is 5.27. The predicted octanol–water partition coefficient (Wildman–Crippen LogP) is 5.28. The Kier molecular flexibility index (Phi) is 7.26. The first-order chi connectivity index (χ1) is 18.0. The number of benzene rings is 3. The minimum atomic E-state index is -0.296. The molecule has 190 valence electrons. The summed E-state index contributed by atoms with van der Waals surface area (Å²) in [6.45, 7) is 3.90. The lowest BCUT2D eigenvalue weighted by Crippen LogP contribution is -2.34. The Labute approximate surface area is 217 Å². The van der Waals surface area contributed by atoms with Crippen molar-refractivity contribution >= 4 is 22.5 Å². The maximum atomic E-state index is 13.4. The van der Waals surface area contributed by atoms with Crippen LogP contribution in [0.3, 0.4) is 0 Å². The molecule has 2 N–H and O–H groups in total. The molecule has 1 unspecified atom stereocenters. The lowest BCUT2D eigenvalue weighted by atomic mass is 9.95. The van der Waals surface area contributed by atoms with Crippen molar-refractivity contribution in [1.29, 1.82) is 0 Å². The molecular weight excluding hydrogens is 462 g/mol. The van der Waals surface area contributed by atoms with E-state index in [4.69, 9.17) is 4.74 Å². The van der Waals surface area contributed by atoms with Crippen molar-refractivity contribution in [3.05, 3.63) is 105 Å². The molecular formula is C31H33N3O3. The summed E-state index contributed by atoms with van der Waals surface area (Å²) in [6, 6.07) is 23.3. The Balaban J connectivity index is 1.47. The second kappa shape index (κ2) is 10.9. The smallest absolute Gasteiger partial charge is 0.248 e. The fraction of sp³-hybridized carbons (Fsp3) is 0.290. The molecule has 0 spiro atoms. The number of rotatable bonds is 7. The first kappa shape index (κ1) is 24.6. The molecule has 0 bridgehead atoms. The van der Waals surface area contributed by atoms with Gasteiger partial charge in [0.05, 0.1) is 19.6 Å². The molecule has 1 saturated heterocycles. The number of fused-ring (bicyclic) bond motifs is 1. The molecule has 0 aliphatic carbocycles. The zero-order valence-corrected chi connectivity index (χ0v) is 21.4. The zero-order chi connectivity index (χ0) is 25.8. The molecule has 1 atom stereocenters. The lowest BCUT2D eigenvalue weighted by Gasteiger charge is -2.33. The van der Waals surface area contributed by atoms with Crippen molar-refractivity contribution in [1.82, 2.24) is 10.3 Å². The van der Waals surface area contributed by atoms with Crippen LogP contribution in [0.4, 0.5) is 5.69 Å². The molecule has 6 heteroatoms. The molecule has 1 amide bonds. The predicted molar refractivity (Wildman–Crippen MR) is 148 cm³/mol. The van der Waals surface area contributed by atoms with Gasteiger partial charge in [-0.05, 0) is 61.1 Å². The summed E-state index contributed by atoms with van der Waals surface area (Å²) < 4.78 is 5.56. The highest BCUT2D eigenvalue weighted by molar-refractivity contribution is 5.85. The van der Waals surface area contributed by atoms with Crippen LogP contribution in [-0.2, 0) is 11.2 Å². The van der Waals surface area contributed by atoms with Gasteiger partial charge in [0.25, 0.3) is 0 Å². The van der Waals surface area contributed by atoms with Crippen LogP contribution < -0.4 is 20.5 Å². The Morgan fingerprint density at radius 3 is 2.54 bits per heavy atom.